The molecular formula is C9H7ClN2O. The van der Waals surface area contributed by atoms with E-state index in [9.17, 15) is 0 Å². The van der Waals surface area contributed by atoms with Crippen molar-refractivity contribution in [2.45, 2.75) is 0 Å². The summed E-state index contributed by atoms with van der Waals surface area (Å²) >= 11 is 5.93. The summed E-state index contributed by atoms with van der Waals surface area (Å²) < 4.78 is 4.90. The van der Waals surface area contributed by atoms with Gasteiger partial charge in [0, 0.05) is 11.6 Å². The second-order valence-electron chi connectivity index (χ2n) is 2.53. The molecule has 0 unspecified atom stereocenters. The van der Waals surface area contributed by atoms with Crippen LogP contribution in [0.1, 0.15) is 0 Å². The summed E-state index contributed by atoms with van der Waals surface area (Å²) in [5, 5.41) is 1.49. The lowest BCUT2D eigenvalue weighted by molar-refractivity contribution is 0.382. The van der Waals surface area contributed by atoms with Crippen LogP contribution in [0, 0.1) is 0 Å². The van der Waals surface area contributed by atoms with Gasteiger partial charge in [0.05, 0.1) is 17.6 Å². The molecule has 2 rings (SSSR count). The Morgan fingerprint density at radius 3 is 3.00 bits per heavy atom. The third kappa shape index (κ3) is 1.42. The number of ether oxygens (including phenoxy) is 1. The molecule has 3 nitrogen and oxygen atoms in total. The first-order valence-corrected chi connectivity index (χ1v) is 4.14. The summed E-state index contributed by atoms with van der Waals surface area (Å²) in [6.45, 7) is 0. The fourth-order valence-electron chi connectivity index (χ4n) is 1.10. The van der Waals surface area contributed by atoms with Gasteiger partial charge in [-0.15, -0.1) is 0 Å². The molecule has 0 atom stereocenters. The molecule has 0 N–H and O–H groups in total. The molecule has 0 saturated heterocycles. The molecule has 0 radical (unpaired) electrons. The monoisotopic (exact) mass is 194 g/mol. The SMILES string of the molecule is COc1ncc2c(Cl)cccc2n1. The van der Waals surface area contributed by atoms with Gasteiger partial charge in [0.15, 0.2) is 0 Å². The maximum Gasteiger partial charge on any atom is 0.316 e. The normalized spacial score (nSPS) is 10.3. The highest BCUT2D eigenvalue weighted by Gasteiger charge is 2.01. The standard InChI is InChI=1S/C9H7ClN2O/c1-13-9-11-5-6-7(10)3-2-4-8(6)12-9/h2-5H,1H3. The van der Waals surface area contributed by atoms with Crippen molar-refractivity contribution in [2.75, 3.05) is 7.11 Å². The zero-order valence-corrected chi connectivity index (χ0v) is 7.75. The maximum absolute atomic E-state index is 5.93. The van der Waals surface area contributed by atoms with Crippen molar-refractivity contribution in [3.05, 3.63) is 29.4 Å². The van der Waals surface area contributed by atoms with Crippen LogP contribution in [0.25, 0.3) is 10.9 Å². The molecule has 0 spiro atoms. The highest BCUT2D eigenvalue weighted by molar-refractivity contribution is 6.35. The number of nitrogens with zero attached hydrogens (tertiary/aromatic N) is 2. The third-order valence-corrected chi connectivity index (χ3v) is 2.06. The zero-order chi connectivity index (χ0) is 9.26. The second kappa shape index (κ2) is 3.18. The smallest absolute Gasteiger partial charge is 0.316 e. The van der Waals surface area contributed by atoms with Crippen molar-refractivity contribution in [1.82, 2.24) is 9.97 Å². The van der Waals surface area contributed by atoms with Gasteiger partial charge >= 0.3 is 6.01 Å². The van der Waals surface area contributed by atoms with E-state index in [2.05, 4.69) is 9.97 Å². The lowest BCUT2D eigenvalue weighted by atomic mass is 10.2. The molecule has 0 saturated carbocycles. The minimum absolute atomic E-state index is 0.356. The van der Waals surface area contributed by atoms with Crippen LogP contribution in [0.3, 0.4) is 0 Å². The first-order valence-electron chi connectivity index (χ1n) is 3.76. The van der Waals surface area contributed by atoms with E-state index in [1.165, 1.54) is 7.11 Å². The summed E-state index contributed by atoms with van der Waals surface area (Å²) in [7, 11) is 1.53. The predicted octanol–water partition coefficient (Wildman–Crippen LogP) is 2.29. The molecule has 1 aromatic carbocycles. The molecular weight excluding hydrogens is 188 g/mol. The molecule has 0 fully saturated rings. The highest BCUT2D eigenvalue weighted by Crippen LogP contribution is 2.21. The van der Waals surface area contributed by atoms with Gasteiger partial charge in [-0.25, -0.2) is 4.98 Å². The first kappa shape index (κ1) is 8.26. The van der Waals surface area contributed by atoms with Crippen molar-refractivity contribution in [3.8, 4) is 6.01 Å². The average molecular weight is 195 g/mol. The van der Waals surface area contributed by atoms with Crippen LogP contribution in [0.5, 0.6) is 6.01 Å². The van der Waals surface area contributed by atoms with E-state index in [0.29, 0.717) is 11.0 Å². The number of aromatic nitrogens is 2. The Labute approximate surface area is 80.3 Å². The van der Waals surface area contributed by atoms with E-state index >= 15 is 0 Å². The van der Waals surface area contributed by atoms with Crippen molar-refractivity contribution < 1.29 is 4.74 Å². The number of hydrogen-bond donors (Lipinski definition) is 0. The largest absolute Gasteiger partial charge is 0.467 e. The van der Waals surface area contributed by atoms with Gasteiger partial charge in [0.25, 0.3) is 0 Å². The molecule has 66 valence electrons. The summed E-state index contributed by atoms with van der Waals surface area (Å²) in [4.78, 5) is 8.11. The van der Waals surface area contributed by atoms with Crippen LogP contribution in [-0.2, 0) is 0 Å². The highest BCUT2D eigenvalue weighted by atomic mass is 35.5. The fraction of sp³-hybridized carbons (Fsp3) is 0.111. The molecule has 1 heterocycles. The summed E-state index contributed by atoms with van der Waals surface area (Å²) in [6, 6.07) is 5.87. The van der Waals surface area contributed by atoms with E-state index in [4.69, 9.17) is 16.3 Å². The molecule has 2 aromatic rings. The Kier molecular flexibility index (Phi) is 2.02. The number of rotatable bonds is 1. The summed E-state index contributed by atoms with van der Waals surface area (Å²) in [6.07, 6.45) is 1.66. The number of halogens is 1. The second-order valence-corrected chi connectivity index (χ2v) is 2.94. The number of hydrogen-bond acceptors (Lipinski definition) is 3. The van der Waals surface area contributed by atoms with Crippen molar-refractivity contribution in [3.63, 3.8) is 0 Å². The Balaban J connectivity index is 2.72. The van der Waals surface area contributed by atoms with Crippen molar-refractivity contribution in [1.29, 1.82) is 0 Å². The van der Waals surface area contributed by atoms with E-state index in [1.807, 2.05) is 12.1 Å². The van der Waals surface area contributed by atoms with Gasteiger partial charge in [0.1, 0.15) is 0 Å². The van der Waals surface area contributed by atoms with Gasteiger partial charge in [0.2, 0.25) is 0 Å². The van der Waals surface area contributed by atoms with Gasteiger partial charge in [-0.05, 0) is 12.1 Å². The Morgan fingerprint density at radius 2 is 2.23 bits per heavy atom. The topological polar surface area (TPSA) is 35.0 Å². The molecule has 0 bridgehead atoms. The lowest BCUT2D eigenvalue weighted by Crippen LogP contribution is -1.91. The quantitative estimate of drug-likeness (QED) is 0.699. The van der Waals surface area contributed by atoms with E-state index in [0.717, 1.165) is 10.9 Å². The van der Waals surface area contributed by atoms with E-state index in [-0.39, 0.29) is 0 Å². The molecule has 0 amide bonds. The molecule has 13 heavy (non-hydrogen) atoms. The molecule has 0 aliphatic carbocycles. The minimum atomic E-state index is 0.356. The van der Waals surface area contributed by atoms with Gasteiger partial charge in [-0.2, -0.15) is 4.98 Å². The number of benzene rings is 1. The average Bonchev–Trinajstić information content (AvgIpc) is 2.18. The van der Waals surface area contributed by atoms with Crippen LogP contribution >= 0.6 is 11.6 Å². The molecule has 0 aliphatic heterocycles. The summed E-state index contributed by atoms with van der Waals surface area (Å²) in [5.74, 6) is 0. The molecule has 4 heteroatoms. The van der Waals surface area contributed by atoms with Crippen molar-refractivity contribution >= 4 is 22.5 Å². The molecule has 1 aromatic heterocycles. The van der Waals surface area contributed by atoms with E-state index < -0.39 is 0 Å². The van der Waals surface area contributed by atoms with E-state index in [1.54, 1.807) is 12.3 Å². The van der Waals surface area contributed by atoms with Gasteiger partial charge in [-0.3, -0.25) is 0 Å². The van der Waals surface area contributed by atoms with Crippen LogP contribution in [0.4, 0.5) is 0 Å². The lowest BCUT2D eigenvalue weighted by Gasteiger charge is -2.00. The van der Waals surface area contributed by atoms with Crippen LogP contribution in [0.2, 0.25) is 5.02 Å². The maximum atomic E-state index is 5.93. The fourth-order valence-corrected chi connectivity index (χ4v) is 1.32. The van der Waals surface area contributed by atoms with Crippen LogP contribution < -0.4 is 4.74 Å². The first-order chi connectivity index (χ1) is 6.31. The van der Waals surface area contributed by atoms with Gasteiger partial charge in [-0.1, -0.05) is 17.7 Å². The Morgan fingerprint density at radius 1 is 1.38 bits per heavy atom. The molecule has 0 aliphatic rings. The minimum Gasteiger partial charge on any atom is -0.467 e. The van der Waals surface area contributed by atoms with Gasteiger partial charge < -0.3 is 4.74 Å². The van der Waals surface area contributed by atoms with Crippen LogP contribution in [-0.4, -0.2) is 17.1 Å². The Hall–Kier alpha value is -1.35. The van der Waals surface area contributed by atoms with Crippen molar-refractivity contribution in [2.24, 2.45) is 0 Å². The number of fused-ring (bicyclic) bond motifs is 1. The number of methoxy groups -OCH3 is 1. The predicted molar refractivity (Wildman–Crippen MR) is 51.1 cm³/mol. The summed E-state index contributed by atoms with van der Waals surface area (Å²) in [5.41, 5.74) is 0.791. The Bertz CT molecular complexity index is 445. The zero-order valence-electron chi connectivity index (χ0n) is 6.99. The third-order valence-electron chi connectivity index (χ3n) is 1.73. The van der Waals surface area contributed by atoms with Crippen LogP contribution in [0.15, 0.2) is 24.4 Å².